The van der Waals surface area contributed by atoms with E-state index in [0.29, 0.717) is 12.8 Å². The number of nitrogens with one attached hydrogen (secondary N) is 1. The van der Waals surface area contributed by atoms with Crippen LogP contribution in [0, 0.1) is 0 Å². The van der Waals surface area contributed by atoms with Gasteiger partial charge in [0.2, 0.25) is 5.91 Å². The molecule has 1 amide bonds. The quantitative estimate of drug-likeness (QED) is 0.839. The number of aromatic nitrogens is 2. The molecular formula is C9H13F2N3O. The first-order valence-electron chi connectivity index (χ1n) is 4.66. The fourth-order valence-electron chi connectivity index (χ4n) is 1.24. The molecule has 0 unspecified atom stereocenters. The van der Waals surface area contributed by atoms with Gasteiger partial charge in [-0.05, 0) is 6.42 Å². The number of nitrogens with zero attached hydrogens (tertiary/aromatic N) is 2. The molecule has 0 aliphatic rings. The summed E-state index contributed by atoms with van der Waals surface area (Å²) in [6, 6.07) is 0. The maximum absolute atomic E-state index is 12.5. The lowest BCUT2D eigenvalue weighted by Gasteiger charge is -2.05. The summed E-state index contributed by atoms with van der Waals surface area (Å²) in [5.41, 5.74) is -0.176. The van der Waals surface area contributed by atoms with Crippen molar-refractivity contribution < 1.29 is 13.6 Å². The van der Waals surface area contributed by atoms with Crippen LogP contribution in [-0.4, -0.2) is 15.7 Å². The molecule has 6 heteroatoms. The van der Waals surface area contributed by atoms with E-state index in [4.69, 9.17) is 0 Å². The van der Waals surface area contributed by atoms with Gasteiger partial charge in [-0.25, -0.2) is 8.78 Å². The second-order valence-electron chi connectivity index (χ2n) is 3.17. The Morgan fingerprint density at radius 3 is 2.87 bits per heavy atom. The maximum Gasteiger partial charge on any atom is 0.282 e. The molecule has 84 valence electrons. The minimum Gasteiger partial charge on any atom is -0.323 e. The van der Waals surface area contributed by atoms with Gasteiger partial charge in [0.1, 0.15) is 5.69 Å². The van der Waals surface area contributed by atoms with Crippen molar-refractivity contribution in [2.75, 3.05) is 5.32 Å². The first-order valence-corrected chi connectivity index (χ1v) is 4.66. The predicted molar refractivity (Wildman–Crippen MR) is 51.7 cm³/mol. The molecule has 0 aromatic carbocycles. The fraction of sp³-hybridized carbons (Fsp3) is 0.556. The zero-order valence-corrected chi connectivity index (χ0v) is 8.63. The number of carbonyl (C=O) groups excluding carboxylic acids is 1. The lowest BCUT2D eigenvalue weighted by Crippen LogP contribution is -2.12. The summed E-state index contributed by atoms with van der Waals surface area (Å²) in [7, 11) is 1.41. The Kier molecular flexibility index (Phi) is 3.76. The number of halogens is 2. The van der Waals surface area contributed by atoms with Crippen LogP contribution in [0.1, 0.15) is 31.9 Å². The van der Waals surface area contributed by atoms with Gasteiger partial charge in [0.05, 0.1) is 11.9 Å². The number of rotatable bonds is 4. The van der Waals surface area contributed by atoms with E-state index in [1.807, 2.05) is 6.92 Å². The topological polar surface area (TPSA) is 46.9 Å². The molecule has 0 aliphatic heterocycles. The molecule has 15 heavy (non-hydrogen) atoms. The second-order valence-corrected chi connectivity index (χ2v) is 3.17. The fourth-order valence-corrected chi connectivity index (χ4v) is 1.24. The van der Waals surface area contributed by atoms with E-state index in [2.05, 4.69) is 10.4 Å². The van der Waals surface area contributed by atoms with Gasteiger partial charge in [0.25, 0.3) is 6.43 Å². The summed E-state index contributed by atoms with van der Waals surface area (Å²) in [6.45, 7) is 1.84. The third-order valence-electron chi connectivity index (χ3n) is 1.94. The molecule has 1 N–H and O–H groups in total. The van der Waals surface area contributed by atoms with Gasteiger partial charge in [0.15, 0.2) is 0 Å². The van der Waals surface area contributed by atoms with Crippen molar-refractivity contribution in [3.05, 3.63) is 11.9 Å². The van der Waals surface area contributed by atoms with Crippen LogP contribution in [0.4, 0.5) is 14.5 Å². The Bertz CT molecular complexity index is 349. The van der Waals surface area contributed by atoms with E-state index in [1.165, 1.54) is 13.2 Å². The van der Waals surface area contributed by atoms with Gasteiger partial charge in [-0.15, -0.1) is 0 Å². The van der Waals surface area contributed by atoms with E-state index >= 15 is 0 Å². The van der Waals surface area contributed by atoms with Crippen LogP contribution in [0.2, 0.25) is 0 Å². The summed E-state index contributed by atoms with van der Waals surface area (Å²) in [5.74, 6) is -0.271. The molecular weight excluding hydrogens is 204 g/mol. The minimum absolute atomic E-state index is 0.0888. The predicted octanol–water partition coefficient (Wildman–Crippen LogP) is 2.10. The second kappa shape index (κ2) is 4.86. The van der Waals surface area contributed by atoms with Crippen molar-refractivity contribution in [1.29, 1.82) is 0 Å². The Morgan fingerprint density at radius 2 is 2.33 bits per heavy atom. The number of carbonyl (C=O) groups is 1. The van der Waals surface area contributed by atoms with Crippen LogP contribution in [0.15, 0.2) is 6.20 Å². The largest absolute Gasteiger partial charge is 0.323 e. The van der Waals surface area contributed by atoms with Crippen LogP contribution in [0.5, 0.6) is 0 Å². The Morgan fingerprint density at radius 1 is 1.67 bits per heavy atom. The summed E-state index contributed by atoms with van der Waals surface area (Å²) in [5, 5.41) is 6.08. The van der Waals surface area contributed by atoms with Gasteiger partial charge in [0, 0.05) is 13.5 Å². The monoisotopic (exact) mass is 217 g/mol. The molecule has 0 saturated heterocycles. The summed E-state index contributed by atoms with van der Waals surface area (Å²) < 4.78 is 26.2. The van der Waals surface area contributed by atoms with Crippen molar-refractivity contribution in [2.24, 2.45) is 7.05 Å². The molecule has 0 bridgehead atoms. The van der Waals surface area contributed by atoms with E-state index in [1.54, 1.807) is 0 Å². The average molecular weight is 217 g/mol. The van der Waals surface area contributed by atoms with Crippen molar-refractivity contribution in [3.63, 3.8) is 0 Å². The number of alkyl halides is 2. The maximum atomic E-state index is 12.5. The van der Waals surface area contributed by atoms with Crippen LogP contribution in [-0.2, 0) is 11.8 Å². The lowest BCUT2D eigenvalue weighted by molar-refractivity contribution is -0.116. The first-order chi connectivity index (χ1) is 7.06. The van der Waals surface area contributed by atoms with Gasteiger partial charge in [-0.1, -0.05) is 6.92 Å². The third-order valence-corrected chi connectivity index (χ3v) is 1.94. The average Bonchev–Trinajstić information content (AvgIpc) is 2.47. The number of anilines is 1. The van der Waals surface area contributed by atoms with Gasteiger partial charge in [-0.2, -0.15) is 5.10 Å². The van der Waals surface area contributed by atoms with Crippen molar-refractivity contribution in [2.45, 2.75) is 26.2 Å². The highest BCUT2D eigenvalue weighted by atomic mass is 19.3. The Labute approximate surface area is 86.3 Å². The minimum atomic E-state index is -2.64. The molecule has 4 nitrogen and oxygen atoms in total. The Balaban J connectivity index is 2.81. The standard InChI is InChI=1S/C9H13F2N3O/c1-3-4-7(15)13-6-5-12-14(2)8(6)9(10)11/h5,9H,3-4H2,1-2H3,(H,13,15). The Hall–Kier alpha value is -1.46. The number of hydrogen-bond acceptors (Lipinski definition) is 2. The zero-order chi connectivity index (χ0) is 11.4. The highest BCUT2D eigenvalue weighted by Gasteiger charge is 2.19. The molecule has 0 spiro atoms. The molecule has 0 fully saturated rings. The molecule has 1 rings (SSSR count). The van der Waals surface area contributed by atoms with Crippen LogP contribution < -0.4 is 5.32 Å². The van der Waals surface area contributed by atoms with E-state index < -0.39 is 6.43 Å². The molecule has 0 saturated carbocycles. The van der Waals surface area contributed by atoms with Gasteiger partial charge < -0.3 is 5.32 Å². The van der Waals surface area contributed by atoms with Crippen LogP contribution in [0.25, 0.3) is 0 Å². The number of hydrogen-bond donors (Lipinski definition) is 1. The number of amides is 1. The number of aryl methyl sites for hydroxylation is 1. The third kappa shape index (κ3) is 2.74. The molecule has 0 atom stereocenters. The molecule has 1 aromatic heterocycles. The smallest absolute Gasteiger partial charge is 0.282 e. The summed E-state index contributed by atoms with van der Waals surface area (Å²) >= 11 is 0. The van der Waals surface area contributed by atoms with Crippen molar-refractivity contribution in [1.82, 2.24) is 9.78 Å². The van der Waals surface area contributed by atoms with E-state index in [-0.39, 0.29) is 17.3 Å². The summed E-state index contributed by atoms with van der Waals surface area (Å²) in [4.78, 5) is 11.2. The highest BCUT2D eigenvalue weighted by Crippen LogP contribution is 2.26. The normalized spacial score (nSPS) is 10.7. The molecule has 0 aliphatic carbocycles. The summed E-state index contributed by atoms with van der Waals surface area (Å²) in [6.07, 6.45) is -0.419. The molecule has 0 radical (unpaired) electrons. The molecule has 1 aromatic rings. The van der Waals surface area contributed by atoms with Gasteiger partial charge in [-0.3, -0.25) is 9.48 Å². The highest BCUT2D eigenvalue weighted by molar-refractivity contribution is 5.91. The van der Waals surface area contributed by atoms with Crippen molar-refractivity contribution in [3.8, 4) is 0 Å². The first kappa shape index (κ1) is 11.6. The van der Waals surface area contributed by atoms with E-state index in [9.17, 15) is 13.6 Å². The molecule has 1 heterocycles. The van der Waals surface area contributed by atoms with Crippen LogP contribution >= 0.6 is 0 Å². The van der Waals surface area contributed by atoms with Gasteiger partial charge >= 0.3 is 0 Å². The lowest BCUT2D eigenvalue weighted by atomic mass is 10.3. The zero-order valence-electron chi connectivity index (χ0n) is 8.63. The SMILES string of the molecule is CCCC(=O)Nc1cnn(C)c1C(F)F. The van der Waals surface area contributed by atoms with Crippen LogP contribution in [0.3, 0.4) is 0 Å². The van der Waals surface area contributed by atoms with Crippen molar-refractivity contribution >= 4 is 11.6 Å². The van der Waals surface area contributed by atoms with E-state index in [0.717, 1.165) is 4.68 Å².